The molecule has 0 unspecified atom stereocenters. The molecule has 0 saturated carbocycles. The predicted molar refractivity (Wildman–Crippen MR) is 65.8 cm³/mol. The standard InChI is InChI=1S/C13H20N2O4.Na/c1-4-12(13(17)18)10(7-19-9(2)16)5-11-6-14-8-15(11)3;/h6,8,10,12H,4-5,7H2,1-3H3,(H,17,18);/q;+1/p-1/t10-,12-;/m0./s1. The van der Waals surface area contributed by atoms with Gasteiger partial charge in [0, 0.05) is 43.7 Å². The molecule has 0 saturated heterocycles. The average Bonchev–Trinajstić information content (AvgIpc) is 2.72. The normalized spacial score (nSPS) is 13.2. The van der Waals surface area contributed by atoms with Crippen LogP contribution < -0.4 is 34.7 Å². The molecule has 0 aliphatic heterocycles. The van der Waals surface area contributed by atoms with E-state index in [2.05, 4.69) is 4.98 Å². The zero-order chi connectivity index (χ0) is 14.4. The van der Waals surface area contributed by atoms with Gasteiger partial charge in [-0.15, -0.1) is 0 Å². The van der Waals surface area contributed by atoms with Crippen LogP contribution in [-0.4, -0.2) is 28.1 Å². The Morgan fingerprint density at radius 3 is 2.55 bits per heavy atom. The minimum absolute atomic E-state index is 0. The number of hydrogen-bond donors (Lipinski definition) is 0. The van der Waals surface area contributed by atoms with Crippen molar-refractivity contribution in [1.82, 2.24) is 9.55 Å². The molecular weight excluding hydrogens is 271 g/mol. The topological polar surface area (TPSA) is 84.2 Å². The molecule has 2 atom stereocenters. The van der Waals surface area contributed by atoms with Crippen molar-refractivity contribution in [1.29, 1.82) is 0 Å². The van der Waals surface area contributed by atoms with Gasteiger partial charge in [0.05, 0.1) is 12.9 Å². The molecule has 1 aromatic rings. The first kappa shape index (κ1) is 19.1. The summed E-state index contributed by atoms with van der Waals surface area (Å²) in [5.41, 5.74) is 0.900. The third kappa shape index (κ3) is 5.64. The molecule has 0 N–H and O–H groups in total. The van der Waals surface area contributed by atoms with Crippen LogP contribution in [0.15, 0.2) is 12.5 Å². The molecular formula is C13H19N2NaO4. The fraction of sp³-hybridized carbons (Fsp3) is 0.615. The van der Waals surface area contributed by atoms with Gasteiger partial charge in [0.25, 0.3) is 0 Å². The molecule has 1 heterocycles. The van der Waals surface area contributed by atoms with Gasteiger partial charge in [0.2, 0.25) is 0 Å². The van der Waals surface area contributed by atoms with Crippen LogP contribution in [0.5, 0.6) is 0 Å². The van der Waals surface area contributed by atoms with Crippen molar-refractivity contribution in [2.45, 2.75) is 26.7 Å². The number of aromatic nitrogens is 2. The number of rotatable bonds is 7. The van der Waals surface area contributed by atoms with Gasteiger partial charge in [-0.1, -0.05) is 6.92 Å². The van der Waals surface area contributed by atoms with Crippen molar-refractivity contribution in [2.75, 3.05) is 6.61 Å². The van der Waals surface area contributed by atoms with Gasteiger partial charge in [-0.2, -0.15) is 0 Å². The number of nitrogens with zero attached hydrogens (tertiary/aromatic N) is 2. The predicted octanol–water partition coefficient (Wildman–Crippen LogP) is -3.08. The van der Waals surface area contributed by atoms with Gasteiger partial charge in [0.1, 0.15) is 0 Å². The van der Waals surface area contributed by atoms with Crippen LogP contribution in [0.25, 0.3) is 0 Å². The van der Waals surface area contributed by atoms with E-state index < -0.39 is 17.9 Å². The summed E-state index contributed by atoms with van der Waals surface area (Å²) in [5, 5.41) is 11.2. The number of imidazole rings is 1. The maximum atomic E-state index is 11.2. The molecule has 0 fully saturated rings. The molecule has 0 aliphatic carbocycles. The zero-order valence-corrected chi connectivity index (χ0v) is 14.5. The molecule has 0 aliphatic rings. The summed E-state index contributed by atoms with van der Waals surface area (Å²) < 4.78 is 6.79. The second-order valence-electron chi connectivity index (χ2n) is 4.60. The molecule has 0 bridgehead atoms. The average molecular weight is 290 g/mol. The fourth-order valence-corrected chi connectivity index (χ4v) is 2.08. The van der Waals surface area contributed by atoms with Gasteiger partial charge < -0.3 is 19.2 Å². The summed E-state index contributed by atoms with van der Waals surface area (Å²) in [6.07, 6.45) is 4.25. The molecule has 1 aromatic heterocycles. The number of carbonyl (C=O) groups excluding carboxylic acids is 2. The maximum Gasteiger partial charge on any atom is 1.00 e. The van der Waals surface area contributed by atoms with Gasteiger partial charge in [-0.05, 0) is 12.8 Å². The maximum absolute atomic E-state index is 11.2. The van der Waals surface area contributed by atoms with E-state index in [1.807, 2.05) is 11.6 Å². The molecule has 1 rings (SSSR count). The van der Waals surface area contributed by atoms with Crippen molar-refractivity contribution in [3.05, 3.63) is 18.2 Å². The number of aryl methyl sites for hydroxylation is 1. The third-order valence-electron chi connectivity index (χ3n) is 3.20. The van der Waals surface area contributed by atoms with Crippen molar-refractivity contribution in [3.8, 4) is 0 Å². The molecule has 106 valence electrons. The largest absolute Gasteiger partial charge is 1.00 e. The van der Waals surface area contributed by atoms with Gasteiger partial charge in [-0.25, -0.2) is 4.98 Å². The minimum Gasteiger partial charge on any atom is -0.550 e. The van der Waals surface area contributed by atoms with E-state index in [1.54, 1.807) is 19.4 Å². The van der Waals surface area contributed by atoms with E-state index in [0.717, 1.165) is 5.69 Å². The van der Waals surface area contributed by atoms with Gasteiger partial charge in [0.15, 0.2) is 0 Å². The summed E-state index contributed by atoms with van der Waals surface area (Å²) in [5.74, 6) is -2.48. The molecule has 20 heavy (non-hydrogen) atoms. The van der Waals surface area contributed by atoms with Crippen LogP contribution in [0.2, 0.25) is 0 Å². The fourth-order valence-electron chi connectivity index (χ4n) is 2.08. The van der Waals surface area contributed by atoms with E-state index in [0.29, 0.717) is 12.8 Å². The third-order valence-corrected chi connectivity index (χ3v) is 3.20. The Morgan fingerprint density at radius 2 is 2.15 bits per heavy atom. The quantitative estimate of drug-likeness (QED) is 0.393. The second kappa shape index (κ2) is 9.15. The number of esters is 1. The van der Waals surface area contributed by atoms with Crippen LogP contribution in [0.1, 0.15) is 26.0 Å². The Balaban J connectivity index is 0.00000361. The second-order valence-corrected chi connectivity index (χ2v) is 4.60. The molecule has 0 radical (unpaired) electrons. The Kier molecular flexibility index (Phi) is 8.76. The van der Waals surface area contributed by atoms with Crippen LogP contribution >= 0.6 is 0 Å². The van der Waals surface area contributed by atoms with E-state index in [1.165, 1.54) is 6.92 Å². The van der Waals surface area contributed by atoms with Gasteiger partial charge in [-0.3, -0.25) is 4.79 Å². The van der Waals surface area contributed by atoms with Crippen LogP contribution in [-0.2, 0) is 27.8 Å². The van der Waals surface area contributed by atoms with Crippen LogP contribution in [0, 0.1) is 11.8 Å². The number of hydrogen-bond acceptors (Lipinski definition) is 5. The molecule has 0 aromatic carbocycles. The van der Waals surface area contributed by atoms with Crippen LogP contribution in [0.3, 0.4) is 0 Å². The minimum atomic E-state index is -1.11. The summed E-state index contributed by atoms with van der Waals surface area (Å²) in [6.45, 7) is 3.17. The summed E-state index contributed by atoms with van der Waals surface area (Å²) in [6, 6.07) is 0. The zero-order valence-electron chi connectivity index (χ0n) is 12.5. The molecule has 0 spiro atoms. The first-order valence-corrected chi connectivity index (χ1v) is 6.25. The number of carbonyl (C=O) groups is 2. The smallest absolute Gasteiger partial charge is 0.550 e. The van der Waals surface area contributed by atoms with Crippen molar-refractivity contribution in [2.24, 2.45) is 18.9 Å². The van der Waals surface area contributed by atoms with Crippen molar-refractivity contribution < 1.29 is 49.0 Å². The van der Waals surface area contributed by atoms with E-state index in [4.69, 9.17) is 4.74 Å². The molecule has 7 heteroatoms. The monoisotopic (exact) mass is 290 g/mol. The Morgan fingerprint density at radius 1 is 1.50 bits per heavy atom. The molecule has 0 amide bonds. The first-order chi connectivity index (χ1) is 8.95. The van der Waals surface area contributed by atoms with E-state index >= 15 is 0 Å². The van der Waals surface area contributed by atoms with E-state index in [-0.39, 0.29) is 42.1 Å². The van der Waals surface area contributed by atoms with E-state index in [9.17, 15) is 14.7 Å². The van der Waals surface area contributed by atoms with Crippen molar-refractivity contribution in [3.63, 3.8) is 0 Å². The number of aliphatic carboxylic acids is 1. The SMILES string of the molecule is CC[C@H](C(=O)[O-])[C@H](COC(C)=O)Cc1cncn1C.[Na+]. The van der Waals surface area contributed by atoms with Crippen molar-refractivity contribution >= 4 is 11.9 Å². The number of ether oxygens (including phenoxy) is 1. The van der Waals surface area contributed by atoms with Crippen LogP contribution in [0.4, 0.5) is 0 Å². The van der Waals surface area contributed by atoms with Gasteiger partial charge >= 0.3 is 35.5 Å². The number of carboxylic acid groups (broad SMARTS) is 1. The summed E-state index contributed by atoms with van der Waals surface area (Å²) in [4.78, 5) is 26.0. The summed E-state index contributed by atoms with van der Waals surface area (Å²) >= 11 is 0. The molecule has 6 nitrogen and oxygen atoms in total. The Hall–Kier alpha value is -0.850. The number of carboxylic acids is 1. The Bertz CT molecular complexity index is 447. The summed E-state index contributed by atoms with van der Waals surface area (Å²) in [7, 11) is 1.84. The first-order valence-electron chi connectivity index (χ1n) is 6.25. The Labute approximate surface area is 140 Å².